The fraction of sp³-hybridized carbons (Fsp3) is 0.150. The number of imidazole rings is 2. The van der Waals surface area contributed by atoms with Crippen LogP contribution >= 0.6 is 0 Å². The van der Waals surface area contributed by atoms with Crippen LogP contribution in [0.3, 0.4) is 0 Å². The van der Waals surface area contributed by atoms with Crippen LogP contribution in [0.1, 0.15) is 24.6 Å². The first-order chi connectivity index (χ1) is 12.7. The van der Waals surface area contributed by atoms with Crippen LogP contribution in [0.25, 0.3) is 28.2 Å². The molecule has 26 heavy (non-hydrogen) atoms. The van der Waals surface area contributed by atoms with Crippen molar-refractivity contribution in [2.24, 2.45) is 0 Å². The van der Waals surface area contributed by atoms with E-state index in [1.807, 2.05) is 24.7 Å². The molecular formula is C20H14FN5. The second-order valence-electron chi connectivity index (χ2n) is 6.49. The number of aromatic nitrogens is 4. The van der Waals surface area contributed by atoms with Gasteiger partial charge in [-0.25, -0.2) is 14.4 Å². The van der Waals surface area contributed by atoms with Gasteiger partial charge in [-0.05, 0) is 49.2 Å². The number of fused-ring (bicyclic) bond motifs is 1. The van der Waals surface area contributed by atoms with Gasteiger partial charge in [-0.1, -0.05) is 0 Å². The van der Waals surface area contributed by atoms with Crippen LogP contribution in [0, 0.1) is 17.1 Å². The number of nitrogens with zero attached hydrogens (tertiary/aromatic N) is 5. The molecule has 5 rings (SSSR count). The lowest BCUT2D eigenvalue weighted by atomic mass is 10.1. The third-order valence-corrected chi connectivity index (χ3v) is 4.75. The van der Waals surface area contributed by atoms with Gasteiger partial charge in [0, 0.05) is 23.4 Å². The van der Waals surface area contributed by atoms with Crippen LogP contribution in [0.2, 0.25) is 0 Å². The molecule has 0 N–H and O–H groups in total. The van der Waals surface area contributed by atoms with Crippen molar-refractivity contribution in [2.75, 3.05) is 0 Å². The van der Waals surface area contributed by atoms with Crippen molar-refractivity contribution >= 4 is 5.65 Å². The molecule has 3 heterocycles. The second-order valence-corrected chi connectivity index (χ2v) is 6.49. The maximum atomic E-state index is 13.3. The quantitative estimate of drug-likeness (QED) is 0.560. The molecule has 0 atom stereocenters. The minimum absolute atomic E-state index is 0.268. The number of benzene rings is 1. The lowest BCUT2D eigenvalue weighted by molar-refractivity contribution is 0.628. The fourth-order valence-corrected chi connectivity index (χ4v) is 3.30. The van der Waals surface area contributed by atoms with Gasteiger partial charge in [0.25, 0.3) is 0 Å². The van der Waals surface area contributed by atoms with Crippen molar-refractivity contribution in [2.45, 2.75) is 18.9 Å². The number of nitriles is 1. The second kappa shape index (κ2) is 5.53. The highest BCUT2D eigenvalue weighted by molar-refractivity contribution is 5.79. The van der Waals surface area contributed by atoms with E-state index in [2.05, 4.69) is 20.6 Å². The third kappa shape index (κ3) is 2.29. The molecule has 4 aromatic rings. The number of hydrogen-bond acceptors (Lipinski definition) is 3. The number of pyridine rings is 1. The molecular weight excluding hydrogens is 329 g/mol. The number of hydrogen-bond donors (Lipinski definition) is 0. The Hall–Kier alpha value is -3.46. The smallest absolute Gasteiger partial charge is 0.144 e. The van der Waals surface area contributed by atoms with Crippen LogP contribution < -0.4 is 0 Å². The van der Waals surface area contributed by atoms with E-state index in [-0.39, 0.29) is 5.82 Å². The van der Waals surface area contributed by atoms with Gasteiger partial charge in [-0.15, -0.1) is 0 Å². The van der Waals surface area contributed by atoms with E-state index in [1.54, 1.807) is 22.7 Å². The predicted molar refractivity (Wildman–Crippen MR) is 94.8 cm³/mol. The molecule has 6 heteroatoms. The van der Waals surface area contributed by atoms with Crippen LogP contribution in [0.15, 0.2) is 55.1 Å². The Bertz CT molecular complexity index is 1160. The average molecular weight is 343 g/mol. The monoisotopic (exact) mass is 343 g/mol. The summed E-state index contributed by atoms with van der Waals surface area (Å²) in [5.74, 6) is -0.268. The summed E-state index contributed by atoms with van der Waals surface area (Å²) in [5.41, 5.74) is 4.84. The van der Waals surface area contributed by atoms with E-state index in [0.29, 0.717) is 11.7 Å². The van der Waals surface area contributed by atoms with E-state index in [0.717, 1.165) is 41.0 Å². The van der Waals surface area contributed by atoms with E-state index < -0.39 is 0 Å². The van der Waals surface area contributed by atoms with Crippen LogP contribution in [0.4, 0.5) is 4.39 Å². The Morgan fingerprint density at radius 2 is 1.81 bits per heavy atom. The number of rotatable bonds is 3. The Labute approximate surface area is 149 Å². The van der Waals surface area contributed by atoms with Gasteiger partial charge in [-0.3, -0.25) is 4.40 Å². The van der Waals surface area contributed by atoms with E-state index in [9.17, 15) is 9.65 Å². The van der Waals surface area contributed by atoms with Crippen molar-refractivity contribution in [3.63, 3.8) is 0 Å². The molecule has 1 aliphatic rings. The summed E-state index contributed by atoms with van der Waals surface area (Å²) in [5, 5.41) is 9.29. The van der Waals surface area contributed by atoms with Gasteiger partial charge in [0.2, 0.25) is 0 Å². The normalized spacial score (nSPS) is 13.8. The summed E-state index contributed by atoms with van der Waals surface area (Å²) in [6, 6.07) is 12.9. The molecule has 5 nitrogen and oxygen atoms in total. The van der Waals surface area contributed by atoms with Crippen LogP contribution in [-0.2, 0) is 0 Å². The molecule has 1 saturated carbocycles. The van der Waals surface area contributed by atoms with Crippen LogP contribution in [-0.4, -0.2) is 18.9 Å². The Balaban J connectivity index is 1.74. The van der Waals surface area contributed by atoms with Crippen molar-refractivity contribution in [3.8, 4) is 28.6 Å². The first-order valence-corrected chi connectivity index (χ1v) is 8.45. The maximum absolute atomic E-state index is 13.3. The van der Waals surface area contributed by atoms with Gasteiger partial charge in [0.15, 0.2) is 0 Å². The van der Waals surface area contributed by atoms with E-state index in [1.165, 1.54) is 12.1 Å². The largest absolute Gasteiger partial charge is 0.327 e. The average Bonchev–Trinajstić information content (AvgIpc) is 3.28. The first-order valence-electron chi connectivity index (χ1n) is 8.45. The highest BCUT2D eigenvalue weighted by Gasteiger charge is 2.28. The molecule has 1 aromatic carbocycles. The zero-order valence-electron chi connectivity index (χ0n) is 13.8. The minimum atomic E-state index is -0.268. The summed E-state index contributed by atoms with van der Waals surface area (Å²) >= 11 is 0. The molecule has 1 fully saturated rings. The first kappa shape index (κ1) is 14.8. The maximum Gasteiger partial charge on any atom is 0.144 e. The topological polar surface area (TPSA) is 58.9 Å². The molecule has 0 saturated heterocycles. The lowest BCUT2D eigenvalue weighted by Gasteiger charge is -2.10. The van der Waals surface area contributed by atoms with Gasteiger partial charge in [0.05, 0.1) is 23.9 Å². The molecule has 0 amide bonds. The Kier molecular flexibility index (Phi) is 3.16. The zero-order valence-corrected chi connectivity index (χ0v) is 13.8. The standard InChI is InChI=1S/C20H14FN5/c21-15-4-1-13(2-5-15)19-20(26(12-24-19)16-6-7-16)14-3-8-18-23-10-17(9-22)25(18)11-14/h1-5,8,10-12,16H,6-7H2. The molecule has 0 aliphatic heterocycles. The van der Waals surface area contributed by atoms with Crippen molar-refractivity contribution in [1.29, 1.82) is 5.26 Å². The van der Waals surface area contributed by atoms with Crippen LogP contribution in [0.5, 0.6) is 0 Å². The van der Waals surface area contributed by atoms with Crippen molar-refractivity contribution in [3.05, 3.63) is 66.6 Å². The third-order valence-electron chi connectivity index (χ3n) is 4.75. The van der Waals surface area contributed by atoms with Crippen molar-refractivity contribution in [1.82, 2.24) is 18.9 Å². The predicted octanol–water partition coefficient (Wildman–Crippen LogP) is 4.21. The Morgan fingerprint density at radius 3 is 2.54 bits per heavy atom. The highest BCUT2D eigenvalue weighted by Crippen LogP contribution is 2.41. The summed E-state index contributed by atoms with van der Waals surface area (Å²) in [6.07, 6.45) is 7.60. The molecule has 3 aromatic heterocycles. The molecule has 0 spiro atoms. The van der Waals surface area contributed by atoms with E-state index >= 15 is 0 Å². The molecule has 1 aliphatic carbocycles. The number of halogens is 1. The summed E-state index contributed by atoms with van der Waals surface area (Å²) in [4.78, 5) is 8.86. The lowest BCUT2D eigenvalue weighted by Crippen LogP contribution is -1.98. The Morgan fingerprint density at radius 1 is 1.04 bits per heavy atom. The summed E-state index contributed by atoms with van der Waals surface area (Å²) < 4.78 is 17.3. The van der Waals surface area contributed by atoms with Crippen molar-refractivity contribution < 1.29 is 4.39 Å². The van der Waals surface area contributed by atoms with Gasteiger partial charge in [0.1, 0.15) is 23.2 Å². The highest BCUT2D eigenvalue weighted by atomic mass is 19.1. The fourth-order valence-electron chi connectivity index (χ4n) is 3.30. The minimum Gasteiger partial charge on any atom is -0.327 e. The SMILES string of the molecule is N#Cc1cnc2ccc(-c3c(-c4ccc(F)cc4)ncn3C3CC3)cn12. The molecule has 0 bridgehead atoms. The molecule has 0 unspecified atom stereocenters. The van der Waals surface area contributed by atoms with Gasteiger partial charge in [-0.2, -0.15) is 5.26 Å². The zero-order chi connectivity index (χ0) is 17.7. The summed E-state index contributed by atoms with van der Waals surface area (Å²) in [6.45, 7) is 0. The van der Waals surface area contributed by atoms with E-state index in [4.69, 9.17) is 0 Å². The summed E-state index contributed by atoms with van der Waals surface area (Å²) in [7, 11) is 0. The molecule has 0 radical (unpaired) electrons. The van der Waals surface area contributed by atoms with Gasteiger partial charge < -0.3 is 4.57 Å². The van der Waals surface area contributed by atoms with Gasteiger partial charge >= 0.3 is 0 Å². The molecule has 126 valence electrons.